The molecule has 2 aliphatic rings. The van der Waals surface area contributed by atoms with Crippen LogP contribution in [0.5, 0.6) is 0 Å². The van der Waals surface area contributed by atoms with Crippen LogP contribution in [0.2, 0.25) is 0 Å². The lowest BCUT2D eigenvalue weighted by atomic mass is 9.83. The molecule has 0 heterocycles. The summed E-state index contributed by atoms with van der Waals surface area (Å²) in [6.45, 7) is 6.12. The second-order valence-corrected chi connectivity index (χ2v) is 6.19. The zero-order valence-corrected chi connectivity index (χ0v) is 10.9. The molecule has 2 atom stereocenters. The van der Waals surface area contributed by atoms with Crippen LogP contribution in [0.15, 0.2) is 0 Å². The highest BCUT2D eigenvalue weighted by molar-refractivity contribution is 5.78. The summed E-state index contributed by atoms with van der Waals surface area (Å²) >= 11 is 0. The molecule has 2 aliphatic carbocycles. The molecule has 2 heteroatoms. The van der Waals surface area contributed by atoms with E-state index in [0.717, 1.165) is 5.92 Å². The van der Waals surface area contributed by atoms with Gasteiger partial charge in [-0.1, -0.05) is 33.1 Å². The molecule has 0 aromatic carbocycles. The maximum absolute atomic E-state index is 11.6. The van der Waals surface area contributed by atoms with E-state index < -0.39 is 0 Å². The average molecular weight is 223 g/mol. The lowest BCUT2D eigenvalue weighted by molar-refractivity contribution is -0.124. The molecule has 1 spiro atoms. The third-order valence-electron chi connectivity index (χ3n) is 4.60. The highest BCUT2D eigenvalue weighted by Crippen LogP contribution is 2.62. The van der Waals surface area contributed by atoms with Crippen molar-refractivity contribution in [3.8, 4) is 0 Å². The topological polar surface area (TPSA) is 29.1 Å². The first-order valence-corrected chi connectivity index (χ1v) is 6.85. The zero-order chi connectivity index (χ0) is 11.8. The number of nitrogens with one attached hydrogen (secondary N) is 1. The molecule has 0 radical (unpaired) electrons. The van der Waals surface area contributed by atoms with E-state index in [1.807, 2.05) is 13.8 Å². The van der Waals surface area contributed by atoms with Crippen molar-refractivity contribution in [2.24, 2.45) is 17.3 Å². The molecule has 0 aromatic rings. The summed E-state index contributed by atoms with van der Waals surface area (Å²) < 4.78 is 0. The molecule has 0 aromatic heterocycles. The van der Waals surface area contributed by atoms with Gasteiger partial charge >= 0.3 is 0 Å². The van der Waals surface area contributed by atoms with Gasteiger partial charge in [0.2, 0.25) is 5.91 Å². The Labute approximate surface area is 99.2 Å². The molecule has 92 valence electrons. The molecule has 0 saturated heterocycles. The van der Waals surface area contributed by atoms with Gasteiger partial charge < -0.3 is 5.32 Å². The monoisotopic (exact) mass is 223 g/mol. The standard InChI is InChI=1S/C14H25NO/c1-10(2)13(16)15-11(3)12-9-14(12)7-5-4-6-8-14/h10-12H,4-9H2,1-3H3,(H,15,16). The van der Waals surface area contributed by atoms with Crippen molar-refractivity contribution in [1.29, 1.82) is 0 Å². The van der Waals surface area contributed by atoms with E-state index in [2.05, 4.69) is 12.2 Å². The zero-order valence-electron chi connectivity index (χ0n) is 10.9. The summed E-state index contributed by atoms with van der Waals surface area (Å²) in [5.74, 6) is 1.09. The molecule has 2 saturated carbocycles. The van der Waals surface area contributed by atoms with Crippen molar-refractivity contribution in [3.05, 3.63) is 0 Å². The minimum absolute atomic E-state index is 0.114. The second kappa shape index (κ2) is 4.38. The smallest absolute Gasteiger partial charge is 0.222 e. The number of carbonyl (C=O) groups is 1. The first-order valence-electron chi connectivity index (χ1n) is 6.85. The van der Waals surface area contributed by atoms with Crippen molar-refractivity contribution in [2.75, 3.05) is 0 Å². The average Bonchev–Trinajstić information content (AvgIpc) is 2.93. The summed E-state index contributed by atoms with van der Waals surface area (Å²) in [5, 5.41) is 3.17. The summed E-state index contributed by atoms with van der Waals surface area (Å²) in [6, 6.07) is 0.382. The van der Waals surface area contributed by atoms with E-state index in [4.69, 9.17) is 0 Å². The third-order valence-corrected chi connectivity index (χ3v) is 4.60. The van der Waals surface area contributed by atoms with Crippen LogP contribution < -0.4 is 5.32 Å². The Balaban J connectivity index is 1.83. The van der Waals surface area contributed by atoms with E-state index >= 15 is 0 Å². The van der Waals surface area contributed by atoms with Crippen LogP contribution >= 0.6 is 0 Å². The Morgan fingerprint density at radius 1 is 1.19 bits per heavy atom. The number of hydrogen-bond acceptors (Lipinski definition) is 1. The third kappa shape index (κ3) is 2.26. The predicted molar refractivity (Wildman–Crippen MR) is 66.1 cm³/mol. The first-order chi connectivity index (χ1) is 7.55. The van der Waals surface area contributed by atoms with Crippen molar-refractivity contribution in [1.82, 2.24) is 5.32 Å². The highest BCUT2D eigenvalue weighted by atomic mass is 16.1. The number of hydrogen-bond donors (Lipinski definition) is 1. The van der Waals surface area contributed by atoms with Gasteiger partial charge in [0.05, 0.1) is 0 Å². The van der Waals surface area contributed by atoms with Gasteiger partial charge in [-0.3, -0.25) is 4.79 Å². The minimum Gasteiger partial charge on any atom is -0.353 e. The molecule has 0 aliphatic heterocycles. The summed E-state index contributed by atoms with van der Waals surface area (Å²) in [5.41, 5.74) is 0.627. The van der Waals surface area contributed by atoms with Gasteiger partial charge in [-0.25, -0.2) is 0 Å². The van der Waals surface area contributed by atoms with Crippen LogP contribution in [0.1, 0.15) is 59.3 Å². The quantitative estimate of drug-likeness (QED) is 0.782. The van der Waals surface area contributed by atoms with Crippen LogP contribution in [0.25, 0.3) is 0 Å². The Morgan fingerprint density at radius 3 is 2.38 bits per heavy atom. The predicted octanol–water partition coefficient (Wildman–Crippen LogP) is 3.12. The van der Waals surface area contributed by atoms with Crippen molar-refractivity contribution in [3.63, 3.8) is 0 Å². The minimum atomic E-state index is 0.114. The second-order valence-electron chi connectivity index (χ2n) is 6.19. The molecular weight excluding hydrogens is 198 g/mol. The molecule has 1 amide bonds. The van der Waals surface area contributed by atoms with E-state index in [9.17, 15) is 4.79 Å². The van der Waals surface area contributed by atoms with Crippen molar-refractivity contribution >= 4 is 5.91 Å². The molecule has 16 heavy (non-hydrogen) atoms. The van der Waals surface area contributed by atoms with Gasteiger partial charge in [-0.2, -0.15) is 0 Å². The first kappa shape index (κ1) is 11.9. The van der Waals surface area contributed by atoms with Gasteiger partial charge in [-0.15, -0.1) is 0 Å². The molecule has 1 N–H and O–H groups in total. The van der Waals surface area contributed by atoms with E-state index in [1.54, 1.807) is 0 Å². The molecule has 2 unspecified atom stereocenters. The molecule has 2 fully saturated rings. The largest absolute Gasteiger partial charge is 0.353 e. The molecule has 0 bridgehead atoms. The molecule has 2 nitrogen and oxygen atoms in total. The number of amides is 1. The van der Waals surface area contributed by atoms with E-state index in [1.165, 1.54) is 38.5 Å². The lowest BCUT2D eigenvalue weighted by Crippen LogP contribution is -2.38. The summed E-state index contributed by atoms with van der Waals surface area (Å²) in [7, 11) is 0. The van der Waals surface area contributed by atoms with Crippen LogP contribution in [0, 0.1) is 17.3 Å². The normalized spacial score (nSPS) is 29.1. The molecular formula is C14H25NO. The number of carbonyl (C=O) groups excluding carboxylic acids is 1. The van der Waals surface area contributed by atoms with Crippen molar-refractivity contribution in [2.45, 2.75) is 65.3 Å². The van der Waals surface area contributed by atoms with E-state index in [0.29, 0.717) is 11.5 Å². The Hall–Kier alpha value is -0.530. The highest BCUT2D eigenvalue weighted by Gasteiger charge is 2.55. The van der Waals surface area contributed by atoms with Crippen molar-refractivity contribution < 1.29 is 4.79 Å². The van der Waals surface area contributed by atoms with Gasteiger partial charge in [0.15, 0.2) is 0 Å². The number of rotatable bonds is 3. The van der Waals surface area contributed by atoms with Gasteiger partial charge in [0, 0.05) is 12.0 Å². The van der Waals surface area contributed by atoms with Gasteiger partial charge in [-0.05, 0) is 37.5 Å². The maximum atomic E-state index is 11.6. The maximum Gasteiger partial charge on any atom is 0.222 e. The lowest BCUT2D eigenvalue weighted by Gasteiger charge is -2.25. The Kier molecular flexibility index (Phi) is 3.27. The van der Waals surface area contributed by atoms with E-state index in [-0.39, 0.29) is 11.8 Å². The fourth-order valence-corrected chi connectivity index (χ4v) is 3.41. The van der Waals surface area contributed by atoms with Crippen LogP contribution in [-0.2, 0) is 4.79 Å². The molecule has 2 rings (SSSR count). The summed E-state index contributed by atoms with van der Waals surface area (Å²) in [4.78, 5) is 11.6. The SMILES string of the molecule is CC(C)C(=O)NC(C)C1CC12CCCCC2. The van der Waals surface area contributed by atoms with Crippen LogP contribution in [-0.4, -0.2) is 11.9 Å². The summed E-state index contributed by atoms with van der Waals surface area (Å²) in [6.07, 6.45) is 8.38. The fraction of sp³-hybridized carbons (Fsp3) is 0.929. The van der Waals surface area contributed by atoms with Crippen LogP contribution in [0.3, 0.4) is 0 Å². The van der Waals surface area contributed by atoms with Crippen LogP contribution in [0.4, 0.5) is 0 Å². The Bertz CT molecular complexity index is 266. The fourth-order valence-electron chi connectivity index (χ4n) is 3.41. The van der Waals surface area contributed by atoms with Gasteiger partial charge in [0.25, 0.3) is 0 Å². The van der Waals surface area contributed by atoms with Gasteiger partial charge in [0.1, 0.15) is 0 Å². The Morgan fingerprint density at radius 2 is 1.81 bits per heavy atom.